The molecule has 8 heteroatoms. The van der Waals surface area contributed by atoms with E-state index in [-0.39, 0.29) is 18.3 Å². The molecule has 2 aromatic carbocycles. The predicted octanol–water partition coefficient (Wildman–Crippen LogP) is 5.21. The smallest absolute Gasteiger partial charge is 0.222 e. The Hall–Kier alpha value is -1.47. The van der Waals surface area contributed by atoms with Gasteiger partial charge in [0.15, 0.2) is 11.5 Å². The molecule has 0 aliphatic carbocycles. The first kappa shape index (κ1) is 24.8. The summed E-state index contributed by atoms with van der Waals surface area (Å²) >= 11 is 9.53. The van der Waals surface area contributed by atoms with Gasteiger partial charge in [0.1, 0.15) is 6.61 Å². The van der Waals surface area contributed by atoms with Gasteiger partial charge in [0.25, 0.3) is 0 Å². The number of ether oxygens (including phenoxy) is 2. The van der Waals surface area contributed by atoms with E-state index in [1.165, 1.54) is 0 Å². The van der Waals surface area contributed by atoms with E-state index < -0.39 is 0 Å². The Morgan fingerprint density at radius 1 is 1.20 bits per heavy atom. The second-order valence-electron chi connectivity index (χ2n) is 7.04. The van der Waals surface area contributed by atoms with Gasteiger partial charge in [-0.2, -0.15) is 0 Å². The van der Waals surface area contributed by atoms with Gasteiger partial charge in [0.05, 0.1) is 11.6 Å². The molecule has 164 valence electrons. The number of methoxy groups -OCH3 is 1. The third-order valence-corrected chi connectivity index (χ3v) is 5.71. The molecule has 0 spiro atoms. The van der Waals surface area contributed by atoms with Crippen molar-refractivity contribution in [3.63, 3.8) is 0 Å². The number of nitrogens with zero attached hydrogens (tertiary/aromatic N) is 1. The molecule has 1 amide bonds. The molecule has 0 unspecified atom stereocenters. The van der Waals surface area contributed by atoms with Gasteiger partial charge >= 0.3 is 0 Å². The summed E-state index contributed by atoms with van der Waals surface area (Å²) in [6.45, 7) is 3.74. The highest BCUT2D eigenvalue weighted by Gasteiger charge is 2.19. The maximum atomic E-state index is 11.6. The topological polar surface area (TPSA) is 50.8 Å². The highest BCUT2D eigenvalue weighted by molar-refractivity contribution is 9.10. The van der Waals surface area contributed by atoms with E-state index in [4.69, 9.17) is 21.1 Å². The molecule has 5 nitrogen and oxygen atoms in total. The lowest BCUT2D eigenvalue weighted by molar-refractivity contribution is -0.127. The Kier molecular flexibility index (Phi) is 10.2. The van der Waals surface area contributed by atoms with Crippen LogP contribution in [0, 0.1) is 0 Å². The number of rotatable bonds is 10. The van der Waals surface area contributed by atoms with Crippen molar-refractivity contribution in [1.82, 2.24) is 10.2 Å². The third kappa shape index (κ3) is 7.05. The summed E-state index contributed by atoms with van der Waals surface area (Å²) in [5.41, 5.74) is 2.13. The third-order valence-electron chi connectivity index (χ3n) is 4.87. The zero-order valence-electron chi connectivity index (χ0n) is 17.0. The van der Waals surface area contributed by atoms with E-state index >= 15 is 0 Å². The van der Waals surface area contributed by atoms with Gasteiger partial charge in [-0.3, -0.25) is 4.79 Å². The minimum Gasteiger partial charge on any atom is -0.493 e. The second-order valence-corrected chi connectivity index (χ2v) is 8.33. The van der Waals surface area contributed by atoms with Crippen LogP contribution in [-0.2, 0) is 17.9 Å². The number of hydrogen-bond acceptors (Lipinski definition) is 4. The van der Waals surface area contributed by atoms with Crippen molar-refractivity contribution in [2.24, 2.45) is 0 Å². The molecule has 0 radical (unpaired) electrons. The number of hydrogen-bond donors (Lipinski definition) is 1. The van der Waals surface area contributed by atoms with Crippen LogP contribution in [0.4, 0.5) is 0 Å². The van der Waals surface area contributed by atoms with Gasteiger partial charge in [-0.25, -0.2) is 0 Å². The Balaban J connectivity index is 0.00000320. The molecule has 0 saturated carbocycles. The van der Waals surface area contributed by atoms with Crippen molar-refractivity contribution in [1.29, 1.82) is 0 Å². The standard InChI is InChI=1S/C22H26BrClN2O3.ClH/c1-28-20-13-17(14-25-9-3-11-26-10-2-4-21(26)27)12-19(23)22(20)29-15-16-5-7-18(24)8-6-16;/h5-8,12-13,25H,2-4,9-11,14-15H2,1H3;1H. The van der Waals surface area contributed by atoms with Crippen molar-refractivity contribution in [3.05, 3.63) is 57.0 Å². The van der Waals surface area contributed by atoms with Crippen molar-refractivity contribution >= 4 is 45.8 Å². The van der Waals surface area contributed by atoms with Crippen LogP contribution in [0.25, 0.3) is 0 Å². The summed E-state index contributed by atoms with van der Waals surface area (Å²) in [7, 11) is 1.64. The van der Waals surface area contributed by atoms with Gasteiger partial charge in [-0.1, -0.05) is 23.7 Å². The fourth-order valence-corrected chi connectivity index (χ4v) is 4.05. The average Bonchev–Trinajstić information content (AvgIpc) is 3.12. The van der Waals surface area contributed by atoms with Gasteiger partial charge in [-0.15, -0.1) is 12.4 Å². The highest BCUT2D eigenvalue weighted by atomic mass is 79.9. The van der Waals surface area contributed by atoms with Crippen LogP contribution < -0.4 is 14.8 Å². The molecule has 2 aromatic rings. The van der Waals surface area contributed by atoms with Crippen LogP contribution in [0.5, 0.6) is 11.5 Å². The molecule has 1 heterocycles. The summed E-state index contributed by atoms with van der Waals surface area (Å²) < 4.78 is 12.4. The predicted molar refractivity (Wildman–Crippen MR) is 126 cm³/mol. The number of amides is 1. The minimum atomic E-state index is 0. The van der Waals surface area contributed by atoms with E-state index in [0.29, 0.717) is 29.5 Å². The van der Waals surface area contributed by atoms with Crippen molar-refractivity contribution in [2.75, 3.05) is 26.7 Å². The molecule has 1 aliphatic rings. The normalized spacial score (nSPS) is 13.3. The van der Waals surface area contributed by atoms with Crippen LogP contribution in [0.15, 0.2) is 40.9 Å². The summed E-state index contributed by atoms with van der Waals surface area (Å²) in [5, 5.41) is 4.14. The van der Waals surface area contributed by atoms with E-state index in [1.807, 2.05) is 41.3 Å². The molecule has 3 rings (SSSR count). The zero-order chi connectivity index (χ0) is 20.6. The first-order valence-electron chi connectivity index (χ1n) is 9.79. The quantitative estimate of drug-likeness (QED) is 0.439. The lowest BCUT2D eigenvalue weighted by Crippen LogP contribution is -2.28. The van der Waals surface area contributed by atoms with Gasteiger partial charge in [-0.05, 0) is 70.7 Å². The Labute approximate surface area is 197 Å². The molecule has 1 aliphatic heterocycles. The lowest BCUT2D eigenvalue weighted by atomic mass is 10.2. The first-order valence-corrected chi connectivity index (χ1v) is 11.0. The number of nitrogens with one attached hydrogen (secondary N) is 1. The Morgan fingerprint density at radius 3 is 2.63 bits per heavy atom. The van der Waals surface area contributed by atoms with Crippen LogP contribution in [-0.4, -0.2) is 37.6 Å². The van der Waals surface area contributed by atoms with Crippen LogP contribution in [0.2, 0.25) is 5.02 Å². The van der Waals surface area contributed by atoms with E-state index in [2.05, 4.69) is 21.2 Å². The second kappa shape index (κ2) is 12.4. The van der Waals surface area contributed by atoms with Crippen molar-refractivity contribution < 1.29 is 14.3 Å². The van der Waals surface area contributed by atoms with Crippen molar-refractivity contribution in [2.45, 2.75) is 32.4 Å². The molecule has 0 bridgehead atoms. The highest BCUT2D eigenvalue weighted by Crippen LogP contribution is 2.37. The van der Waals surface area contributed by atoms with Crippen molar-refractivity contribution in [3.8, 4) is 11.5 Å². The molecule has 1 saturated heterocycles. The summed E-state index contributed by atoms with van der Waals surface area (Å²) in [5.74, 6) is 1.65. The first-order chi connectivity index (χ1) is 14.1. The maximum Gasteiger partial charge on any atom is 0.222 e. The summed E-state index contributed by atoms with van der Waals surface area (Å²) in [6, 6.07) is 11.6. The maximum absolute atomic E-state index is 11.6. The summed E-state index contributed by atoms with van der Waals surface area (Å²) in [4.78, 5) is 13.6. The zero-order valence-corrected chi connectivity index (χ0v) is 20.1. The lowest BCUT2D eigenvalue weighted by Gasteiger charge is -2.16. The van der Waals surface area contributed by atoms with Crippen LogP contribution >= 0.6 is 39.9 Å². The number of benzene rings is 2. The molecule has 0 atom stereocenters. The van der Waals surface area contributed by atoms with E-state index in [1.54, 1.807) is 7.11 Å². The molecular weight excluding hydrogens is 491 g/mol. The number of carbonyl (C=O) groups is 1. The molecule has 1 fully saturated rings. The van der Waals surface area contributed by atoms with Crippen LogP contribution in [0.3, 0.4) is 0 Å². The number of likely N-dealkylation sites (tertiary alicyclic amines) is 1. The Morgan fingerprint density at radius 2 is 1.97 bits per heavy atom. The molecular formula is C22H27BrCl2N2O3. The van der Waals surface area contributed by atoms with Gasteiger partial charge < -0.3 is 19.7 Å². The largest absolute Gasteiger partial charge is 0.493 e. The summed E-state index contributed by atoms with van der Waals surface area (Å²) in [6.07, 6.45) is 2.65. The van der Waals surface area contributed by atoms with E-state index in [0.717, 1.165) is 54.6 Å². The number of halogens is 3. The molecule has 30 heavy (non-hydrogen) atoms. The van der Waals surface area contributed by atoms with Gasteiger partial charge in [0.2, 0.25) is 5.91 Å². The molecule has 1 N–H and O–H groups in total. The monoisotopic (exact) mass is 516 g/mol. The van der Waals surface area contributed by atoms with Crippen LogP contribution in [0.1, 0.15) is 30.4 Å². The number of carbonyl (C=O) groups excluding carboxylic acids is 1. The van der Waals surface area contributed by atoms with E-state index in [9.17, 15) is 4.79 Å². The van der Waals surface area contributed by atoms with Gasteiger partial charge in [0, 0.05) is 31.1 Å². The molecule has 0 aromatic heterocycles. The fraction of sp³-hybridized carbons (Fsp3) is 0.409. The Bertz CT molecular complexity index is 834. The average molecular weight is 518 g/mol. The minimum absolute atomic E-state index is 0. The fourth-order valence-electron chi connectivity index (χ4n) is 3.32. The SMILES string of the molecule is COc1cc(CNCCCN2CCCC2=O)cc(Br)c1OCc1ccc(Cl)cc1.Cl.